The molecule has 1 amide bonds. The predicted octanol–water partition coefficient (Wildman–Crippen LogP) is 4.18. The number of benzene rings is 1. The lowest BCUT2D eigenvalue weighted by Crippen LogP contribution is -2.26. The quantitative estimate of drug-likeness (QED) is 0.717. The van der Waals surface area contributed by atoms with E-state index in [1.54, 1.807) is 42.7 Å². The Kier molecular flexibility index (Phi) is 5.34. The number of imidazole rings is 1. The number of nitrogens with zero attached hydrogens (tertiary/aromatic N) is 2. The molecule has 25 heavy (non-hydrogen) atoms. The average Bonchev–Trinajstić information content (AvgIpc) is 3.01. The summed E-state index contributed by atoms with van der Waals surface area (Å²) in [7, 11) is 0. The molecule has 0 spiro atoms. The lowest BCUT2D eigenvalue weighted by Gasteiger charge is -2.18. The summed E-state index contributed by atoms with van der Waals surface area (Å²) in [6.07, 6.45) is 4.40. The summed E-state index contributed by atoms with van der Waals surface area (Å²) in [5.41, 5.74) is 1.90. The molecule has 0 radical (unpaired) electrons. The zero-order valence-corrected chi connectivity index (χ0v) is 14.6. The van der Waals surface area contributed by atoms with E-state index in [0.717, 1.165) is 12.1 Å². The highest BCUT2D eigenvalue weighted by atomic mass is 35.5. The SMILES string of the molecule is CCCNC(=O)CC(c1ccccc1F)c1cnc2ccc(Cl)cn12. The van der Waals surface area contributed by atoms with E-state index < -0.39 is 5.92 Å². The summed E-state index contributed by atoms with van der Waals surface area (Å²) in [6, 6.07) is 10.1. The van der Waals surface area contributed by atoms with Crippen molar-refractivity contribution in [3.05, 3.63) is 70.9 Å². The number of halogens is 2. The van der Waals surface area contributed by atoms with Crippen molar-refractivity contribution in [2.24, 2.45) is 0 Å². The maximum Gasteiger partial charge on any atom is 0.221 e. The van der Waals surface area contributed by atoms with Gasteiger partial charge in [0.2, 0.25) is 5.91 Å². The first-order valence-corrected chi connectivity index (χ1v) is 8.61. The monoisotopic (exact) mass is 359 g/mol. The first-order chi connectivity index (χ1) is 12.1. The molecule has 2 aromatic heterocycles. The molecular formula is C19H19ClFN3O. The van der Waals surface area contributed by atoms with Gasteiger partial charge in [-0.15, -0.1) is 0 Å². The molecule has 0 aliphatic heterocycles. The number of carbonyl (C=O) groups is 1. The average molecular weight is 360 g/mol. The number of hydrogen-bond acceptors (Lipinski definition) is 2. The first kappa shape index (κ1) is 17.4. The van der Waals surface area contributed by atoms with Gasteiger partial charge in [0.15, 0.2) is 0 Å². The van der Waals surface area contributed by atoms with Crippen LogP contribution in [0.15, 0.2) is 48.8 Å². The van der Waals surface area contributed by atoms with Crippen LogP contribution in [0.25, 0.3) is 5.65 Å². The minimum atomic E-state index is -0.452. The molecule has 0 saturated heterocycles. The van der Waals surface area contributed by atoms with Crippen LogP contribution < -0.4 is 5.32 Å². The second-order valence-corrected chi connectivity index (χ2v) is 6.32. The summed E-state index contributed by atoms with van der Waals surface area (Å²) in [5, 5.41) is 3.41. The van der Waals surface area contributed by atoms with Crippen LogP contribution in [0, 0.1) is 5.82 Å². The van der Waals surface area contributed by atoms with E-state index in [9.17, 15) is 9.18 Å². The molecule has 0 bridgehead atoms. The van der Waals surface area contributed by atoms with Gasteiger partial charge in [-0.1, -0.05) is 36.7 Å². The predicted molar refractivity (Wildman–Crippen MR) is 96.4 cm³/mol. The highest BCUT2D eigenvalue weighted by molar-refractivity contribution is 6.30. The molecule has 1 N–H and O–H groups in total. The summed E-state index contributed by atoms with van der Waals surface area (Å²) in [4.78, 5) is 16.7. The molecule has 3 aromatic rings. The zero-order valence-electron chi connectivity index (χ0n) is 13.9. The molecule has 3 rings (SSSR count). The molecule has 1 atom stereocenters. The Labute approximate surface area is 150 Å². The molecular weight excluding hydrogens is 341 g/mol. The van der Waals surface area contributed by atoms with Crippen LogP contribution in [-0.2, 0) is 4.79 Å². The van der Waals surface area contributed by atoms with Crippen molar-refractivity contribution in [1.82, 2.24) is 14.7 Å². The molecule has 0 saturated carbocycles. The van der Waals surface area contributed by atoms with Gasteiger partial charge in [0.25, 0.3) is 0 Å². The van der Waals surface area contributed by atoms with Gasteiger partial charge in [-0.2, -0.15) is 0 Å². The fourth-order valence-corrected chi connectivity index (χ4v) is 3.05. The minimum absolute atomic E-state index is 0.118. The number of nitrogens with one attached hydrogen (secondary N) is 1. The molecule has 130 valence electrons. The van der Waals surface area contributed by atoms with Gasteiger partial charge < -0.3 is 9.72 Å². The van der Waals surface area contributed by atoms with Crippen molar-refractivity contribution in [2.75, 3.05) is 6.54 Å². The smallest absolute Gasteiger partial charge is 0.221 e. The Morgan fingerprint density at radius 2 is 2.12 bits per heavy atom. The topological polar surface area (TPSA) is 46.4 Å². The van der Waals surface area contributed by atoms with Crippen LogP contribution in [-0.4, -0.2) is 21.8 Å². The van der Waals surface area contributed by atoms with Crippen molar-refractivity contribution in [1.29, 1.82) is 0 Å². The van der Waals surface area contributed by atoms with E-state index in [0.29, 0.717) is 22.8 Å². The Morgan fingerprint density at radius 1 is 1.32 bits per heavy atom. The summed E-state index contributed by atoms with van der Waals surface area (Å²) in [6.45, 7) is 2.59. The largest absolute Gasteiger partial charge is 0.356 e. The highest BCUT2D eigenvalue weighted by Crippen LogP contribution is 2.31. The van der Waals surface area contributed by atoms with Crippen LogP contribution >= 0.6 is 11.6 Å². The molecule has 0 aliphatic carbocycles. The van der Waals surface area contributed by atoms with Crippen LogP contribution in [0.5, 0.6) is 0 Å². The molecule has 6 heteroatoms. The van der Waals surface area contributed by atoms with Crippen LogP contribution in [0.3, 0.4) is 0 Å². The van der Waals surface area contributed by atoms with Gasteiger partial charge in [0, 0.05) is 31.3 Å². The molecule has 1 aromatic carbocycles. The van der Waals surface area contributed by atoms with Gasteiger partial charge in [-0.3, -0.25) is 4.79 Å². The zero-order chi connectivity index (χ0) is 17.8. The molecule has 4 nitrogen and oxygen atoms in total. The number of fused-ring (bicyclic) bond motifs is 1. The van der Waals surface area contributed by atoms with E-state index in [4.69, 9.17) is 11.6 Å². The Balaban J connectivity index is 2.05. The third kappa shape index (κ3) is 3.82. The number of amides is 1. The van der Waals surface area contributed by atoms with Gasteiger partial charge in [-0.25, -0.2) is 9.37 Å². The van der Waals surface area contributed by atoms with Crippen molar-refractivity contribution >= 4 is 23.2 Å². The number of hydrogen-bond donors (Lipinski definition) is 1. The lowest BCUT2D eigenvalue weighted by atomic mass is 9.92. The fourth-order valence-electron chi connectivity index (χ4n) is 2.88. The third-order valence-electron chi connectivity index (χ3n) is 4.10. The lowest BCUT2D eigenvalue weighted by molar-refractivity contribution is -0.121. The number of aromatic nitrogens is 2. The van der Waals surface area contributed by atoms with E-state index >= 15 is 0 Å². The maximum atomic E-state index is 14.4. The Hall–Kier alpha value is -2.40. The van der Waals surface area contributed by atoms with Gasteiger partial charge in [0.1, 0.15) is 11.5 Å². The summed E-state index contributed by atoms with van der Waals surface area (Å²) >= 11 is 6.10. The van der Waals surface area contributed by atoms with Gasteiger partial charge in [0.05, 0.1) is 10.7 Å². The summed E-state index contributed by atoms with van der Waals surface area (Å²) < 4.78 is 16.2. The maximum absolute atomic E-state index is 14.4. The standard InChI is InChI=1S/C19H19ClFN3O/c1-2-9-22-19(25)10-15(14-5-3-4-6-16(14)21)17-11-23-18-8-7-13(20)12-24(17)18/h3-8,11-12,15H,2,9-10H2,1H3,(H,22,25). The van der Waals surface area contributed by atoms with Crippen molar-refractivity contribution in [3.8, 4) is 0 Å². The van der Waals surface area contributed by atoms with Crippen molar-refractivity contribution in [3.63, 3.8) is 0 Å². The molecule has 0 fully saturated rings. The van der Waals surface area contributed by atoms with Crippen molar-refractivity contribution in [2.45, 2.75) is 25.7 Å². The van der Waals surface area contributed by atoms with Crippen molar-refractivity contribution < 1.29 is 9.18 Å². The highest BCUT2D eigenvalue weighted by Gasteiger charge is 2.24. The van der Waals surface area contributed by atoms with E-state index in [1.807, 2.05) is 11.3 Å². The third-order valence-corrected chi connectivity index (χ3v) is 4.32. The van der Waals surface area contributed by atoms with Crippen LogP contribution in [0.2, 0.25) is 5.02 Å². The van der Waals surface area contributed by atoms with Gasteiger partial charge >= 0.3 is 0 Å². The van der Waals surface area contributed by atoms with E-state index in [1.165, 1.54) is 6.07 Å². The van der Waals surface area contributed by atoms with Crippen LogP contribution in [0.1, 0.15) is 36.9 Å². The van der Waals surface area contributed by atoms with E-state index in [2.05, 4.69) is 10.3 Å². The van der Waals surface area contributed by atoms with E-state index in [-0.39, 0.29) is 18.1 Å². The number of rotatable bonds is 6. The minimum Gasteiger partial charge on any atom is -0.356 e. The fraction of sp³-hybridized carbons (Fsp3) is 0.263. The summed E-state index contributed by atoms with van der Waals surface area (Å²) in [5.74, 6) is -0.911. The second kappa shape index (κ2) is 7.66. The van der Waals surface area contributed by atoms with Crippen LogP contribution in [0.4, 0.5) is 4.39 Å². The first-order valence-electron chi connectivity index (χ1n) is 8.23. The molecule has 1 unspecified atom stereocenters. The molecule has 0 aliphatic rings. The Bertz CT molecular complexity index is 893. The number of pyridine rings is 1. The second-order valence-electron chi connectivity index (χ2n) is 5.89. The van der Waals surface area contributed by atoms with Gasteiger partial charge in [-0.05, 0) is 30.2 Å². The molecule has 2 heterocycles. The normalized spacial score (nSPS) is 12.3. The Morgan fingerprint density at radius 3 is 2.88 bits per heavy atom. The number of carbonyl (C=O) groups excluding carboxylic acids is 1.